The van der Waals surface area contributed by atoms with Crippen molar-refractivity contribution in [2.24, 2.45) is 0 Å². The lowest BCUT2D eigenvalue weighted by molar-refractivity contribution is -0.119. The van der Waals surface area contributed by atoms with Gasteiger partial charge in [0.05, 0.1) is 11.6 Å². The van der Waals surface area contributed by atoms with E-state index in [4.69, 9.17) is 10.00 Å². The van der Waals surface area contributed by atoms with E-state index >= 15 is 0 Å². The second-order valence-corrected chi connectivity index (χ2v) is 5.75. The van der Waals surface area contributed by atoms with Crippen molar-refractivity contribution in [3.63, 3.8) is 0 Å². The van der Waals surface area contributed by atoms with Gasteiger partial charge >= 0.3 is 0 Å². The Balaban J connectivity index is 0.000000455. The molecule has 2 aliphatic heterocycles. The summed E-state index contributed by atoms with van der Waals surface area (Å²) in [4.78, 5) is 10.1. The van der Waals surface area contributed by atoms with Gasteiger partial charge < -0.3 is 15.5 Å². The first kappa shape index (κ1) is 20.9. The van der Waals surface area contributed by atoms with Crippen molar-refractivity contribution in [2.45, 2.75) is 59.0 Å². The van der Waals surface area contributed by atoms with Gasteiger partial charge in [0.1, 0.15) is 11.4 Å². The topological polar surface area (TPSA) is 93.6 Å². The molecule has 0 unspecified atom stereocenters. The van der Waals surface area contributed by atoms with E-state index in [0.717, 1.165) is 43.5 Å². The van der Waals surface area contributed by atoms with Gasteiger partial charge in [-0.15, -0.1) is 0 Å². The maximum Gasteiger partial charge on any atom is 0.220 e. The number of fused-ring (bicyclic) bond motifs is 1. The van der Waals surface area contributed by atoms with Gasteiger partial charge in [-0.05, 0) is 56.9 Å². The Bertz CT molecular complexity index is 540. The summed E-state index contributed by atoms with van der Waals surface area (Å²) in [5, 5.41) is 11.4. The van der Waals surface area contributed by atoms with Crippen molar-refractivity contribution in [1.82, 2.24) is 5.32 Å². The first-order valence-corrected chi connectivity index (χ1v) is 7.99. The molecule has 0 aromatic heterocycles. The maximum atomic E-state index is 10.1. The Morgan fingerprint density at radius 2 is 1.96 bits per heavy atom. The fourth-order valence-electron chi connectivity index (χ4n) is 2.29. The molecule has 1 aromatic rings. The molecule has 1 saturated heterocycles. The van der Waals surface area contributed by atoms with Crippen LogP contribution in [0.2, 0.25) is 0 Å². The summed E-state index contributed by atoms with van der Waals surface area (Å²) < 4.78 is 5.81. The number of benzene rings is 1. The van der Waals surface area contributed by atoms with E-state index < -0.39 is 0 Å². The molecule has 128 valence electrons. The zero-order chi connectivity index (χ0) is 16.6. The minimum Gasteiger partial charge on any atom is -0.488 e. The quantitative estimate of drug-likeness (QED) is 0.796. The van der Waals surface area contributed by atoms with Crippen LogP contribution < -0.4 is 10.1 Å². The molecule has 5 nitrogen and oxygen atoms in total. The predicted octanol–water partition coefficient (Wildman–Crippen LogP) is 2.76. The number of amides is 1. The molecule has 1 aromatic carbocycles. The van der Waals surface area contributed by atoms with Gasteiger partial charge in [-0.25, -0.2) is 0 Å². The minimum absolute atomic E-state index is 0. The van der Waals surface area contributed by atoms with Crippen molar-refractivity contribution >= 4 is 5.91 Å². The van der Waals surface area contributed by atoms with Gasteiger partial charge in [0.15, 0.2) is 0 Å². The molecule has 0 saturated carbocycles. The molecule has 3 N–H and O–H groups in total. The van der Waals surface area contributed by atoms with Crippen molar-refractivity contribution in [3.8, 4) is 11.8 Å². The number of aryl methyl sites for hydroxylation is 1. The van der Waals surface area contributed by atoms with E-state index in [2.05, 4.69) is 25.2 Å². The van der Waals surface area contributed by atoms with Crippen molar-refractivity contribution in [2.75, 3.05) is 6.54 Å². The molecule has 23 heavy (non-hydrogen) atoms. The minimum atomic E-state index is -0.0683. The van der Waals surface area contributed by atoms with Crippen LogP contribution in [0.15, 0.2) is 18.2 Å². The maximum absolute atomic E-state index is 10.1. The average molecular weight is 320 g/mol. The third-order valence-corrected chi connectivity index (χ3v) is 3.48. The molecule has 1 fully saturated rings. The number of ether oxygens (including phenoxy) is 1. The smallest absolute Gasteiger partial charge is 0.220 e. The number of nitriles is 1. The summed E-state index contributed by atoms with van der Waals surface area (Å²) in [5.41, 5.74) is 1.80. The lowest BCUT2D eigenvalue weighted by Gasteiger charge is -2.32. The van der Waals surface area contributed by atoms with E-state index in [0.29, 0.717) is 5.56 Å². The highest BCUT2D eigenvalue weighted by Crippen LogP contribution is 2.33. The summed E-state index contributed by atoms with van der Waals surface area (Å²) in [6, 6.07) is 7.77. The van der Waals surface area contributed by atoms with Crippen LogP contribution in [0, 0.1) is 11.3 Å². The highest BCUT2D eigenvalue weighted by Gasteiger charge is 2.26. The molecular formula is C18H28N2O3. The summed E-state index contributed by atoms with van der Waals surface area (Å²) in [6.07, 6.45) is 3.77. The van der Waals surface area contributed by atoms with Crippen molar-refractivity contribution < 1.29 is 15.0 Å². The van der Waals surface area contributed by atoms with Crippen LogP contribution in [0.4, 0.5) is 0 Å². The van der Waals surface area contributed by atoms with Crippen LogP contribution in [0.5, 0.6) is 5.75 Å². The van der Waals surface area contributed by atoms with E-state index in [1.807, 2.05) is 26.0 Å². The number of carbonyl (C=O) groups is 1. The SMILES string of the molecule is CC.CC1(C)CCc2cc(C#N)ccc2O1.O.O=C1CCCN1. The van der Waals surface area contributed by atoms with Gasteiger partial charge in [0.2, 0.25) is 5.91 Å². The molecule has 5 heteroatoms. The highest BCUT2D eigenvalue weighted by molar-refractivity contribution is 5.77. The van der Waals surface area contributed by atoms with Gasteiger partial charge in [0.25, 0.3) is 0 Å². The standard InChI is InChI=1S/C12H13NO.C4H7NO.C2H6.H2O/c1-12(2)6-5-10-7-9(8-13)3-4-11(10)14-12;6-4-2-1-3-5-4;1-2;/h3-4,7H,5-6H2,1-2H3;1-3H2,(H,5,6);1-2H3;1H2. The van der Waals surface area contributed by atoms with Crippen LogP contribution >= 0.6 is 0 Å². The number of carbonyl (C=O) groups excluding carboxylic acids is 1. The molecule has 0 radical (unpaired) electrons. The number of rotatable bonds is 0. The Kier molecular flexibility index (Phi) is 8.97. The fourth-order valence-corrected chi connectivity index (χ4v) is 2.29. The summed E-state index contributed by atoms with van der Waals surface area (Å²) in [6.45, 7) is 9.07. The number of hydrogen-bond donors (Lipinski definition) is 1. The first-order chi connectivity index (χ1) is 10.5. The monoisotopic (exact) mass is 320 g/mol. The van der Waals surface area contributed by atoms with Gasteiger partial charge in [0, 0.05) is 13.0 Å². The van der Waals surface area contributed by atoms with Crippen molar-refractivity contribution in [1.29, 1.82) is 5.26 Å². The number of nitrogens with zero attached hydrogens (tertiary/aromatic N) is 1. The molecule has 2 aliphatic rings. The zero-order valence-corrected chi connectivity index (χ0v) is 14.5. The zero-order valence-electron chi connectivity index (χ0n) is 14.5. The Morgan fingerprint density at radius 1 is 1.26 bits per heavy atom. The molecule has 0 bridgehead atoms. The van der Waals surface area contributed by atoms with Gasteiger partial charge in [-0.3, -0.25) is 4.79 Å². The van der Waals surface area contributed by atoms with Crippen LogP contribution in [0.1, 0.15) is 58.1 Å². The lowest BCUT2D eigenvalue weighted by atomic mass is 9.93. The predicted molar refractivity (Wildman–Crippen MR) is 91.4 cm³/mol. The normalized spacial score (nSPS) is 16.6. The average Bonchev–Trinajstić information content (AvgIpc) is 3.00. The van der Waals surface area contributed by atoms with Crippen LogP contribution in [-0.2, 0) is 11.2 Å². The summed E-state index contributed by atoms with van der Waals surface area (Å²) in [7, 11) is 0. The molecule has 0 spiro atoms. The third-order valence-electron chi connectivity index (χ3n) is 3.48. The van der Waals surface area contributed by atoms with E-state index in [-0.39, 0.29) is 17.0 Å². The molecule has 3 rings (SSSR count). The molecule has 0 aliphatic carbocycles. The Morgan fingerprint density at radius 3 is 2.43 bits per heavy atom. The largest absolute Gasteiger partial charge is 0.488 e. The molecule has 1 amide bonds. The highest BCUT2D eigenvalue weighted by atomic mass is 16.5. The summed E-state index contributed by atoms with van der Waals surface area (Å²) >= 11 is 0. The van der Waals surface area contributed by atoms with Crippen molar-refractivity contribution in [3.05, 3.63) is 29.3 Å². The molecular weight excluding hydrogens is 292 g/mol. The second-order valence-electron chi connectivity index (χ2n) is 5.75. The summed E-state index contributed by atoms with van der Waals surface area (Å²) in [5.74, 6) is 1.13. The van der Waals surface area contributed by atoms with E-state index in [9.17, 15) is 4.79 Å². The van der Waals surface area contributed by atoms with Crippen LogP contribution in [0.3, 0.4) is 0 Å². The number of nitrogens with one attached hydrogen (secondary N) is 1. The first-order valence-electron chi connectivity index (χ1n) is 7.99. The van der Waals surface area contributed by atoms with Crippen LogP contribution in [0.25, 0.3) is 0 Å². The number of hydrogen-bond acceptors (Lipinski definition) is 3. The van der Waals surface area contributed by atoms with E-state index in [1.54, 1.807) is 6.07 Å². The second kappa shape index (κ2) is 9.86. The van der Waals surface area contributed by atoms with E-state index in [1.165, 1.54) is 0 Å². The van der Waals surface area contributed by atoms with Gasteiger partial charge in [-0.1, -0.05) is 13.8 Å². The Labute approximate surface area is 139 Å². The Hall–Kier alpha value is -2.06. The molecule has 0 atom stereocenters. The van der Waals surface area contributed by atoms with Gasteiger partial charge in [-0.2, -0.15) is 5.26 Å². The fraction of sp³-hybridized carbons (Fsp3) is 0.556. The lowest BCUT2D eigenvalue weighted by Crippen LogP contribution is -2.32. The third kappa shape index (κ3) is 6.70. The molecule has 2 heterocycles. The van der Waals surface area contributed by atoms with Crippen LogP contribution in [-0.4, -0.2) is 23.5 Å².